The lowest BCUT2D eigenvalue weighted by atomic mass is 9.67. The van der Waals surface area contributed by atoms with Crippen LogP contribution in [0.15, 0.2) is 11.3 Å². The molecule has 1 spiro atoms. The first-order valence-electron chi connectivity index (χ1n) is 6.37. The van der Waals surface area contributed by atoms with Gasteiger partial charge in [-0.2, -0.15) is 0 Å². The highest BCUT2D eigenvalue weighted by atomic mass is 16.2. The van der Waals surface area contributed by atoms with Crippen LogP contribution < -0.4 is 5.32 Å². The third kappa shape index (κ3) is 1.27. The molecule has 1 amide bonds. The molecule has 0 saturated heterocycles. The standard InChI is InChI=1S/C13H19NO/c15-12-13(8-4-1-5-9-13)10-6-2-3-7-11(10)14-12/h1-9H2,(H,14,15). The third-order valence-corrected chi connectivity index (χ3v) is 4.45. The van der Waals surface area contributed by atoms with Crippen molar-refractivity contribution in [3.05, 3.63) is 11.3 Å². The zero-order valence-electron chi connectivity index (χ0n) is 9.27. The van der Waals surface area contributed by atoms with Crippen molar-refractivity contribution in [1.82, 2.24) is 5.32 Å². The van der Waals surface area contributed by atoms with Crippen molar-refractivity contribution in [2.45, 2.75) is 57.8 Å². The van der Waals surface area contributed by atoms with E-state index in [1.807, 2.05) is 0 Å². The molecule has 1 aliphatic heterocycles. The van der Waals surface area contributed by atoms with E-state index >= 15 is 0 Å². The lowest BCUT2D eigenvalue weighted by molar-refractivity contribution is -0.128. The van der Waals surface area contributed by atoms with Gasteiger partial charge in [0.05, 0.1) is 5.41 Å². The number of fused-ring (bicyclic) bond motifs is 1. The highest BCUT2D eigenvalue weighted by molar-refractivity contribution is 5.91. The van der Waals surface area contributed by atoms with Crippen LogP contribution in [0.5, 0.6) is 0 Å². The van der Waals surface area contributed by atoms with Crippen LogP contribution in [0.25, 0.3) is 0 Å². The molecular formula is C13H19NO. The summed E-state index contributed by atoms with van der Waals surface area (Å²) in [5, 5.41) is 3.16. The summed E-state index contributed by atoms with van der Waals surface area (Å²) in [7, 11) is 0. The first-order chi connectivity index (χ1) is 7.33. The van der Waals surface area contributed by atoms with Crippen molar-refractivity contribution < 1.29 is 4.79 Å². The highest BCUT2D eigenvalue weighted by Gasteiger charge is 2.48. The van der Waals surface area contributed by atoms with Crippen molar-refractivity contribution in [3.8, 4) is 0 Å². The van der Waals surface area contributed by atoms with Gasteiger partial charge < -0.3 is 5.32 Å². The van der Waals surface area contributed by atoms with Gasteiger partial charge in [0.25, 0.3) is 0 Å². The molecule has 3 rings (SSSR count). The molecule has 15 heavy (non-hydrogen) atoms. The van der Waals surface area contributed by atoms with Crippen LogP contribution in [0, 0.1) is 5.41 Å². The fourth-order valence-electron chi connectivity index (χ4n) is 3.65. The summed E-state index contributed by atoms with van der Waals surface area (Å²) in [6.45, 7) is 0. The molecule has 3 aliphatic rings. The third-order valence-electron chi connectivity index (χ3n) is 4.45. The van der Waals surface area contributed by atoms with Crippen molar-refractivity contribution >= 4 is 5.91 Å². The number of carbonyl (C=O) groups is 1. The summed E-state index contributed by atoms with van der Waals surface area (Å²) in [6, 6.07) is 0. The molecule has 0 unspecified atom stereocenters. The summed E-state index contributed by atoms with van der Waals surface area (Å²) in [5.74, 6) is 0.328. The van der Waals surface area contributed by atoms with Crippen LogP contribution in [0.3, 0.4) is 0 Å². The second kappa shape index (κ2) is 3.36. The Morgan fingerprint density at radius 2 is 1.67 bits per heavy atom. The van der Waals surface area contributed by atoms with Crippen LogP contribution in [-0.4, -0.2) is 5.91 Å². The van der Waals surface area contributed by atoms with Gasteiger partial charge in [0, 0.05) is 5.70 Å². The Hall–Kier alpha value is -0.790. The zero-order valence-corrected chi connectivity index (χ0v) is 9.27. The molecule has 1 saturated carbocycles. The Kier molecular flexibility index (Phi) is 2.11. The molecule has 2 nitrogen and oxygen atoms in total. The molecule has 1 N–H and O–H groups in total. The number of carbonyl (C=O) groups excluding carboxylic acids is 1. The van der Waals surface area contributed by atoms with E-state index in [9.17, 15) is 4.79 Å². The number of hydrogen-bond donors (Lipinski definition) is 1. The monoisotopic (exact) mass is 205 g/mol. The normalized spacial score (nSPS) is 29.2. The number of rotatable bonds is 0. The number of allylic oxidation sites excluding steroid dienone is 1. The smallest absolute Gasteiger partial charge is 0.234 e. The summed E-state index contributed by atoms with van der Waals surface area (Å²) in [4.78, 5) is 12.2. The van der Waals surface area contributed by atoms with Gasteiger partial charge in [-0.15, -0.1) is 0 Å². The molecule has 0 aromatic carbocycles. The average molecular weight is 205 g/mol. The largest absolute Gasteiger partial charge is 0.329 e. The molecule has 0 radical (unpaired) electrons. The Morgan fingerprint density at radius 1 is 0.933 bits per heavy atom. The molecule has 1 fully saturated rings. The predicted molar refractivity (Wildman–Crippen MR) is 59.2 cm³/mol. The van der Waals surface area contributed by atoms with E-state index in [0.29, 0.717) is 5.91 Å². The van der Waals surface area contributed by atoms with Crippen LogP contribution in [0.2, 0.25) is 0 Å². The fraction of sp³-hybridized carbons (Fsp3) is 0.769. The van der Waals surface area contributed by atoms with Gasteiger partial charge in [0.2, 0.25) is 5.91 Å². The van der Waals surface area contributed by atoms with Crippen molar-refractivity contribution in [1.29, 1.82) is 0 Å². The molecule has 2 heteroatoms. The average Bonchev–Trinajstić information content (AvgIpc) is 2.55. The Labute approximate surface area is 91.1 Å². The summed E-state index contributed by atoms with van der Waals surface area (Å²) < 4.78 is 0. The highest BCUT2D eigenvalue weighted by Crippen LogP contribution is 2.50. The molecular weight excluding hydrogens is 186 g/mol. The molecule has 0 bridgehead atoms. The Balaban J connectivity index is 1.98. The van der Waals surface area contributed by atoms with Crippen LogP contribution in [0.1, 0.15) is 57.8 Å². The van der Waals surface area contributed by atoms with Gasteiger partial charge in [-0.1, -0.05) is 19.3 Å². The minimum Gasteiger partial charge on any atom is -0.329 e. The minimum absolute atomic E-state index is 0.0476. The van der Waals surface area contributed by atoms with Gasteiger partial charge >= 0.3 is 0 Å². The van der Waals surface area contributed by atoms with Crippen molar-refractivity contribution in [2.24, 2.45) is 5.41 Å². The molecule has 0 atom stereocenters. The maximum absolute atomic E-state index is 12.2. The van der Waals surface area contributed by atoms with Crippen molar-refractivity contribution in [3.63, 3.8) is 0 Å². The SMILES string of the molecule is O=C1NC2=C(CCCC2)C12CCCCC2. The van der Waals surface area contributed by atoms with Crippen LogP contribution in [0.4, 0.5) is 0 Å². The van der Waals surface area contributed by atoms with E-state index in [-0.39, 0.29) is 5.41 Å². The maximum atomic E-state index is 12.2. The van der Waals surface area contributed by atoms with Crippen LogP contribution in [-0.2, 0) is 4.79 Å². The molecule has 2 aliphatic carbocycles. The molecule has 1 heterocycles. The molecule has 82 valence electrons. The molecule has 0 aromatic rings. The number of nitrogens with one attached hydrogen (secondary N) is 1. The van der Waals surface area contributed by atoms with E-state index in [1.165, 1.54) is 49.8 Å². The number of hydrogen-bond acceptors (Lipinski definition) is 1. The van der Waals surface area contributed by atoms with E-state index in [4.69, 9.17) is 0 Å². The van der Waals surface area contributed by atoms with E-state index in [2.05, 4.69) is 5.32 Å². The van der Waals surface area contributed by atoms with Gasteiger partial charge in [0.1, 0.15) is 0 Å². The summed E-state index contributed by atoms with van der Waals surface area (Å²) >= 11 is 0. The van der Waals surface area contributed by atoms with Crippen molar-refractivity contribution in [2.75, 3.05) is 0 Å². The molecule has 0 aromatic heterocycles. The number of amides is 1. The van der Waals surface area contributed by atoms with E-state index in [0.717, 1.165) is 19.3 Å². The topological polar surface area (TPSA) is 29.1 Å². The minimum atomic E-state index is -0.0476. The first-order valence-corrected chi connectivity index (χ1v) is 6.37. The van der Waals surface area contributed by atoms with Gasteiger partial charge in [-0.3, -0.25) is 4.79 Å². The van der Waals surface area contributed by atoms with Gasteiger partial charge in [-0.05, 0) is 44.1 Å². The lowest BCUT2D eigenvalue weighted by Crippen LogP contribution is -2.36. The zero-order chi connectivity index (χ0) is 10.3. The summed E-state index contributed by atoms with van der Waals surface area (Å²) in [6.07, 6.45) is 10.9. The van der Waals surface area contributed by atoms with E-state index < -0.39 is 0 Å². The maximum Gasteiger partial charge on any atom is 0.234 e. The van der Waals surface area contributed by atoms with Gasteiger partial charge in [-0.25, -0.2) is 0 Å². The Bertz CT molecular complexity index is 323. The Morgan fingerprint density at radius 3 is 2.47 bits per heavy atom. The second-order valence-corrected chi connectivity index (χ2v) is 5.26. The van der Waals surface area contributed by atoms with E-state index in [1.54, 1.807) is 0 Å². The fourth-order valence-corrected chi connectivity index (χ4v) is 3.65. The van der Waals surface area contributed by atoms with Gasteiger partial charge in [0.15, 0.2) is 0 Å². The van der Waals surface area contributed by atoms with Crippen LogP contribution >= 0.6 is 0 Å². The lowest BCUT2D eigenvalue weighted by Gasteiger charge is -2.34. The summed E-state index contributed by atoms with van der Waals surface area (Å²) in [5.41, 5.74) is 2.75. The second-order valence-electron chi connectivity index (χ2n) is 5.26. The quantitative estimate of drug-likeness (QED) is 0.647. The predicted octanol–water partition coefficient (Wildman–Crippen LogP) is 2.89. The first kappa shape index (κ1) is 9.44.